The molecule has 5 N–H and O–H groups in total. The largest absolute Gasteiger partial charge is 0.465 e. The number of piperazine rings is 1. The number of hydrogen-bond acceptors (Lipinski definition) is 9. The molecule has 2 aromatic carbocycles. The Balaban J connectivity index is 0.990. The number of likely N-dealkylation sites (tertiary alicyclic amines) is 2. The average Bonchev–Trinajstić information content (AvgIpc) is 4.09. The number of alkyl carbamates (subject to hydrolysis) is 1. The van der Waals surface area contributed by atoms with Gasteiger partial charge in [0.2, 0.25) is 17.7 Å². The van der Waals surface area contributed by atoms with Crippen molar-refractivity contribution >= 4 is 29.9 Å². The number of amides is 5. The third kappa shape index (κ3) is 9.30. The number of ether oxygens (including phenoxy) is 1. The van der Waals surface area contributed by atoms with E-state index < -0.39 is 24.3 Å². The predicted molar refractivity (Wildman–Crippen MR) is 222 cm³/mol. The van der Waals surface area contributed by atoms with E-state index in [1.807, 2.05) is 69.4 Å². The summed E-state index contributed by atoms with van der Waals surface area (Å²) >= 11 is 0. The Kier molecular flexibility index (Phi) is 12.8. The number of carbonyl (C=O) groups is 5. The van der Waals surface area contributed by atoms with E-state index in [4.69, 9.17) is 4.74 Å². The summed E-state index contributed by atoms with van der Waals surface area (Å²) in [6.07, 6.45) is 4.38. The van der Waals surface area contributed by atoms with Crippen molar-refractivity contribution < 1.29 is 33.8 Å². The molecule has 5 amide bonds. The Morgan fingerprint density at radius 3 is 1.68 bits per heavy atom. The molecular weight excluding hydrogens is 769 g/mol. The number of carbonyl (C=O) groups excluding carboxylic acids is 4. The fraction of sp³-hybridized carbons (Fsp3) is 0.465. The van der Waals surface area contributed by atoms with Crippen molar-refractivity contribution in [3.05, 3.63) is 72.6 Å². The molecule has 3 aliphatic heterocycles. The fourth-order valence-corrected chi connectivity index (χ4v) is 8.41. The molecule has 3 aliphatic rings. The molecule has 3 fully saturated rings. The Bertz CT molecular complexity index is 2160. The third-order valence-electron chi connectivity index (χ3n) is 11.8. The molecule has 2 aromatic heterocycles. The molecule has 3 saturated heterocycles. The first-order valence-corrected chi connectivity index (χ1v) is 20.6. The molecule has 4 aromatic rings. The maximum atomic E-state index is 14.0. The van der Waals surface area contributed by atoms with Crippen molar-refractivity contribution in [2.75, 3.05) is 53.4 Å². The molecule has 0 bridgehead atoms. The number of rotatable bonds is 12. The average molecular weight is 823 g/mol. The van der Waals surface area contributed by atoms with Gasteiger partial charge in [0.25, 0.3) is 0 Å². The van der Waals surface area contributed by atoms with Crippen molar-refractivity contribution in [1.29, 1.82) is 0 Å². The molecule has 0 radical (unpaired) electrons. The second-order valence-corrected chi connectivity index (χ2v) is 16.1. The number of hydrogen-bond donors (Lipinski definition) is 5. The molecule has 17 heteroatoms. The van der Waals surface area contributed by atoms with Crippen LogP contribution < -0.4 is 10.6 Å². The van der Waals surface area contributed by atoms with Crippen molar-refractivity contribution in [3.8, 4) is 33.6 Å². The lowest BCUT2D eigenvalue weighted by Gasteiger charge is -2.34. The van der Waals surface area contributed by atoms with Crippen LogP contribution >= 0.6 is 0 Å². The Hall–Kier alpha value is -6.23. The SMILES string of the molecule is COC(=O)N[C@@H](CC(=O)N1CCN(C)CC1)C(=O)N1CCCC1c1ncc(-c2ccc(-c3ccc(-c4cnc([C@@H]5CCCN5C(=O)[C@@H](NC(=O)O)C(C)C)[nH]4)cc3)cc2)[nH]1. The zero-order chi connectivity index (χ0) is 42.5. The summed E-state index contributed by atoms with van der Waals surface area (Å²) in [4.78, 5) is 87.7. The highest BCUT2D eigenvalue weighted by molar-refractivity contribution is 5.91. The van der Waals surface area contributed by atoms with Crippen LogP contribution in [-0.2, 0) is 19.1 Å². The predicted octanol–water partition coefficient (Wildman–Crippen LogP) is 4.64. The summed E-state index contributed by atoms with van der Waals surface area (Å²) in [5.41, 5.74) is 5.54. The van der Waals surface area contributed by atoms with Gasteiger partial charge in [-0.2, -0.15) is 0 Å². The molecule has 5 heterocycles. The van der Waals surface area contributed by atoms with E-state index in [2.05, 4.69) is 35.5 Å². The van der Waals surface area contributed by atoms with Crippen molar-refractivity contribution in [1.82, 2.24) is 50.2 Å². The normalized spacial score (nSPS) is 19.3. The van der Waals surface area contributed by atoms with Crippen LogP contribution in [0, 0.1) is 5.92 Å². The molecule has 1 unspecified atom stereocenters. The van der Waals surface area contributed by atoms with E-state index in [1.165, 1.54) is 7.11 Å². The van der Waals surface area contributed by atoms with E-state index in [0.717, 1.165) is 66.0 Å². The van der Waals surface area contributed by atoms with Crippen LogP contribution in [0.5, 0.6) is 0 Å². The highest BCUT2D eigenvalue weighted by Gasteiger charge is 2.39. The van der Waals surface area contributed by atoms with Gasteiger partial charge < -0.3 is 50.0 Å². The lowest BCUT2D eigenvalue weighted by Crippen LogP contribution is -2.53. The van der Waals surface area contributed by atoms with Gasteiger partial charge in [-0.1, -0.05) is 62.4 Å². The lowest BCUT2D eigenvalue weighted by molar-refractivity contribution is -0.140. The molecule has 318 valence electrons. The molecule has 17 nitrogen and oxygen atoms in total. The first-order chi connectivity index (χ1) is 28.9. The highest BCUT2D eigenvalue weighted by atomic mass is 16.5. The van der Waals surface area contributed by atoms with Gasteiger partial charge in [-0.05, 0) is 60.9 Å². The van der Waals surface area contributed by atoms with Crippen LogP contribution in [0.1, 0.15) is 69.7 Å². The quantitative estimate of drug-likeness (QED) is 0.134. The molecule has 4 atom stereocenters. The van der Waals surface area contributed by atoms with Gasteiger partial charge >= 0.3 is 12.2 Å². The lowest BCUT2D eigenvalue weighted by atomic mass is 10.0. The van der Waals surface area contributed by atoms with Gasteiger partial charge in [-0.15, -0.1) is 0 Å². The minimum atomic E-state index is -1.22. The molecular formula is C43H54N10O7. The van der Waals surface area contributed by atoms with Crippen LogP contribution in [0.4, 0.5) is 9.59 Å². The maximum Gasteiger partial charge on any atom is 0.407 e. The molecule has 60 heavy (non-hydrogen) atoms. The van der Waals surface area contributed by atoms with Crippen molar-refractivity contribution in [2.24, 2.45) is 5.92 Å². The van der Waals surface area contributed by atoms with E-state index in [1.54, 1.807) is 27.1 Å². The first kappa shape index (κ1) is 41.9. The number of nitrogens with one attached hydrogen (secondary N) is 4. The van der Waals surface area contributed by atoms with Crippen LogP contribution in [0.3, 0.4) is 0 Å². The number of likely N-dealkylation sites (N-methyl/N-ethyl adjacent to an activating group) is 1. The van der Waals surface area contributed by atoms with Crippen LogP contribution in [0.15, 0.2) is 60.9 Å². The van der Waals surface area contributed by atoms with Gasteiger partial charge in [-0.25, -0.2) is 19.6 Å². The number of methoxy groups -OCH3 is 1. The number of carboxylic acid groups (broad SMARTS) is 1. The van der Waals surface area contributed by atoms with Crippen LogP contribution in [0.25, 0.3) is 33.6 Å². The summed E-state index contributed by atoms with van der Waals surface area (Å²) in [6.45, 7) is 7.31. The van der Waals surface area contributed by atoms with E-state index >= 15 is 0 Å². The summed E-state index contributed by atoms with van der Waals surface area (Å²) in [5.74, 6) is 0.356. The number of nitrogens with zero attached hydrogens (tertiary/aromatic N) is 6. The molecule has 0 aliphatic carbocycles. The third-order valence-corrected chi connectivity index (χ3v) is 11.8. The summed E-state index contributed by atoms with van der Waals surface area (Å²) in [5, 5.41) is 14.3. The molecule has 7 rings (SSSR count). The number of imidazole rings is 2. The van der Waals surface area contributed by atoms with Gasteiger partial charge in [-0.3, -0.25) is 14.4 Å². The monoisotopic (exact) mass is 822 g/mol. The van der Waals surface area contributed by atoms with Gasteiger partial charge in [0, 0.05) is 39.3 Å². The van der Waals surface area contributed by atoms with Crippen molar-refractivity contribution in [3.63, 3.8) is 0 Å². The van der Waals surface area contributed by atoms with E-state index in [9.17, 15) is 29.1 Å². The standard InChI is InChI=1S/C43H54N10O7/c1-26(2)37(49-42(57)58)41(56)53-18-6-8-35(53)39-45-25-33(47-39)30-15-11-28(12-16-30)27-9-13-29(14-10-27)32-24-44-38(46-32)34-7-5-17-52(34)40(55)31(48-43(59)60-4)23-36(54)51-21-19-50(3)20-22-51/h9-16,24-26,31,34-35,37,49H,5-8,17-23H2,1-4H3,(H,44,46)(H,45,47)(H,48,59)(H,57,58)/t31-,34?,35-,37-/m0/s1. The van der Waals surface area contributed by atoms with Gasteiger partial charge in [0.15, 0.2) is 0 Å². The second-order valence-electron chi connectivity index (χ2n) is 16.1. The number of aromatic nitrogens is 4. The van der Waals surface area contributed by atoms with Gasteiger partial charge in [0.05, 0.1) is 49.4 Å². The van der Waals surface area contributed by atoms with Crippen LogP contribution in [-0.4, -0.2) is 140 Å². The highest BCUT2D eigenvalue weighted by Crippen LogP contribution is 2.35. The number of benzene rings is 2. The van der Waals surface area contributed by atoms with E-state index in [-0.39, 0.29) is 42.1 Å². The summed E-state index contributed by atoms with van der Waals surface area (Å²) in [7, 11) is 3.24. The summed E-state index contributed by atoms with van der Waals surface area (Å²) < 4.78 is 4.80. The zero-order valence-corrected chi connectivity index (χ0v) is 34.5. The topological polar surface area (TPSA) is 209 Å². The smallest absolute Gasteiger partial charge is 0.407 e. The van der Waals surface area contributed by atoms with Crippen LogP contribution in [0.2, 0.25) is 0 Å². The second kappa shape index (κ2) is 18.4. The Morgan fingerprint density at radius 2 is 1.22 bits per heavy atom. The number of aromatic amines is 2. The Labute approximate surface area is 348 Å². The maximum absolute atomic E-state index is 14.0. The number of H-pyrrole nitrogens is 2. The molecule has 0 saturated carbocycles. The summed E-state index contributed by atoms with van der Waals surface area (Å²) in [6, 6.07) is 13.8. The van der Waals surface area contributed by atoms with Crippen molar-refractivity contribution in [2.45, 2.75) is 70.1 Å². The fourth-order valence-electron chi connectivity index (χ4n) is 8.41. The van der Waals surface area contributed by atoms with Gasteiger partial charge in [0.1, 0.15) is 23.7 Å². The molecule has 0 spiro atoms. The zero-order valence-electron chi connectivity index (χ0n) is 34.5. The first-order valence-electron chi connectivity index (χ1n) is 20.6. The minimum absolute atomic E-state index is 0.151. The Morgan fingerprint density at radius 1 is 0.733 bits per heavy atom. The van der Waals surface area contributed by atoms with E-state index in [0.29, 0.717) is 44.2 Å². The minimum Gasteiger partial charge on any atom is -0.465 e.